The highest BCUT2D eigenvalue weighted by atomic mass is 16.5. The molecular formula is C20H27N3O3. The lowest BCUT2D eigenvalue weighted by Gasteiger charge is -2.33. The maximum absolute atomic E-state index is 12.6. The fraction of sp³-hybridized carbons (Fsp3) is 0.550. The smallest absolute Gasteiger partial charge is 0.249 e. The van der Waals surface area contributed by atoms with Crippen LogP contribution in [0.4, 0.5) is 0 Å². The molecule has 1 unspecified atom stereocenters. The minimum Gasteiger partial charge on any atom is -0.497 e. The maximum Gasteiger partial charge on any atom is 0.249 e. The van der Waals surface area contributed by atoms with Crippen LogP contribution in [0.15, 0.2) is 28.8 Å². The SMILES string of the molecule is CCCCCC(=O)N1CCCCC1c1nc(-c2ccc(OC)cc2)no1. The van der Waals surface area contributed by atoms with Crippen molar-refractivity contribution in [1.82, 2.24) is 15.0 Å². The minimum atomic E-state index is -0.0997. The number of aromatic nitrogens is 2. The Kier molecular flexibility index (Phi) is 6.26. The van der Waals surface area contributed by atoms with Crippen LogP contribution in [0.3, 0.4) is 0 Å². The molecule has 1 fully saturated rings. The summed E-state index contributed by atoms with van der Waals surface area (Å²) in [7, 11) is 1.64. The summed E-state index contributed by atoms with van der Waals surface area (Å²) in [6.45, 7) is 2.92. The highest BCUT2D eigenvalue weighted by Crippen LogP contribution is 2.32. The van der Waals surface area contributed by atoms with Crippen molar-refractivity contribution in [3.63, 3.8) is 0 Å². The van der Waals surface area contributed by atoms with E-state index in [9.17, 15) is 4.79 Å². The minimum absolute atomic E-state index is 0.0997. The average molecular weight is 357 g/mol. The number of methoxy groups -OCH3 is 1. The van der Waals surface area contributed by atoms with Crippen molar-refractivity contribution in [3.05, 3.63) is 30.2 Å². The normalized spacial score (nSPS) is 17.3. The van der Waals surface area contributed by atoms with E-state index in [1.165, 1.54) is 0 Å². The summed E-state index contributed by atoms with van der Waals surface area (Å²) in [5.74, 6) is 2.08. The summed E-state index contributed by atoms with van der Waals surface area (Å²) < 4.78 is 10.7. The van der Waals surface area contributed by atoms with Gasteiger partial charge in [-0.25, -0.2) is 0 Å². The van der Waals surface area contributed by atoms with E-state index in [1.807, 2.05) is 29.2 Å². The summed E-state index contributed by atoms with van der Waals surface area (Å²) in [5.41, 5.74) is 0.873. The predicted octanol–water partition coefficient (Wildman–Crippen LogP) is 4.38. The molecule has 2 aromatic rings. The van der Waals surface area contributed by atoms with Crippen molar-refractivity contribution in [3.8, 4) is 17.1 Å². The molecule has 1 aliphatic heterocycles. The first kappa shape index (κ1) is 18.4. The van der Waals surface area contributed by atoms with Crippen molar-refractivity contribution >= 4 is 5.91 Å². The van der Waals surface area contributed by atoms with E-state index in [1.54, 1.807) is 7.11 Å². The molecule has 3 rings (SSSR count). The monoisotopic (exact) mass is 357 g/mol. The van der Waals surface area contributed by atoms with Gasteiger partial charge in [-0.3, -0.25) is 4.79 Å². The van der Waals surface area contributed by atoms with Gasteiger partial charge < -0.3 is 14.2 Å². The van der Waals surface area contributed by atoms with E-state index in [2.05, 4.69) is 17.1 Å². The summed E-state index contributed by atoms with van der Waals surface area (Å²) in [6.07, 6.45) is 6.74. The number of amides is 1. The Morgan fingerprint density at radius 3 is 2.81 bits per heavy atom. The second-order valence-electron chi connectivity index (χ2n) is 6.74. The third-order valence-corrected chi connectivity index (χ3v) is 4.89. The lowest BCUT2D eigenvalue weighted by molar-refractivity contribution is -0.135. The number of carbonyl (C=O) groups is 1. The van der Waals surface area contributed by atoms with Crippen LogP contribution < -0.4 is 4.74 Å². The fourth-order valence-electron chi connectivity index (χ4n) is 3.38. The standard InChI is InChI=1S/C20H27N3O3/c1-3-4-5-9-18(24)23-14-7-6-8-17(23)20-21-19(22-26-20)15-10-12-16(25-2)13-11-15/h10-13,17H,3-9,14H2,1-2H3. The molecule has 0 N–H and O–H groups in total. The number of rotatable bonds is 7. The van der Waals surface area contributed by atoms with Crippen molar-refractivity contribution < 1.29 is 14.1 Å². The average Bonchev–Trinajstić information content (AvgIpc) is 3.18. The van der Waals surface area contributed by atoms with Gasteiger partial charge in [-0.15, -0.1) is 0 Å². The van der Waals surface area contributed by atoms with Gasteiger partial charge in [-0.2, -0.15) is 4.98 Å². The number of hydrogen-bond acceptors (Lipinski definition) is 5. The topological polar surface area (TPSA) is 68.5 Å². The molecule has 6 nitrogen and oxygen atoms in total. The first-order valence-corrected chi connectivity index (χ1v) is 9.50. The Morgan fingerprint density at radius 1 is 1.27 bits per heavy atom. The molecule has 0 saturated carbocycles. The predicted molar refractivity (Wildman–Crippen MR) is 98.7 cm³/mol. The molecule has 1 aromatic heterocycles. The second kappa shape index (κ2) is 8.83. The van der Waals surface area contributed by atoms with Gasteiger partial charge in [-0.05, 0) is 49.9 Å². The number of carbonyl (C=O) groups excluding carboxylic acids is 1. The lowest BCUT2D eigenvalue weighted by atomic mass is 10.0. The number of benzene rings is 1. The Bertz CT molecular complexity index is 711. The number of nitrogens with zero attached hydrogens (tertiary/aromatic N) is 3. The molecule has 1 amide bonds. The molecule has 1 aliphatic rings. The zero-order chi connectivity index (χ0) is 18.4. The van der Waals surface area contributed by atoms with E-state index in [0.29, 0.717) is 18.1 Å². The van der Waals surface area contributed by atoms with E-state index in [0.717, 1.165) is 56.4 Å². The Hall–Kier alpha value is -2.37. The highest BCUT2D eigenvalue weighted by Gasteiger charge is 2.31. The van der Waals surface area contributed by atoms with E-state index in [4.69, 9.17) is 9.26 Å². The van der Waals surface area contributed by atoms with Gasteiger partial charge >= 0.3 is 0 Å². The molecule has 6 heteroatoms. The third-order valence-electron chi connectivity index (χ3n) is 4.89. The third kappa shape index (κ3) is 4.23. The molecule has 140 valence electrons. The zero-order valence-corrected chi connectivity index (χ0v) is 15.6. The molecule has 2 heterocycles. The summed E-state index contributed by atoms with van der Waals surface area (Å²) in [5, 5.41) is 4.12. The summed E-state index contributed by atoms with van der Waals surface area (Å²) in [6, 6.07) is 7.45. The van der Waals surface area contributed by atoms with E-state index < -0.39 is 0 Å². The number of piperidine rings is 1. The van der Waals surface area contributed by atoms with Crippen molar-refractivity contribution in [2.24, 2.45) is 0 Å². The quantitative estimate of drug-likeness (QED) is 0.688. The van der Waals surface area contributed by atoms with Gasteiger partial charge in [-0.1, -0.05) is 24.9 Å². The lowest BCUT2D eigenvalue weighted by Crippen LogP contribution is -2.38. The summed E-state index contributed by atoms with van der Waals surface area (Å²) >= 11 is 0. The largest absolute Gasteiger partial charge is 0.497 e. The molecule has 0 aliphatic carbocycles. The van der Waals surface area contributed by atoms with Crippen molar-refractivity contribution in [2.75, 3.05) is 13.7 Å². The fourth-order valence-corrected chi connectivity index (χ4v) is 3.38. The van der Waals surface area contributed by atoms with Crippen LogP contribution >= 0.6 is 0 Å². The van der Waals surface area contributed by atoms with E-state index >= 15 is 0 Å². The van der Waals surface area contributed by atoms with Crippen LogP contribution in [0.2, 0.25) is 0 Å². The Balaban J connectivity index is 1.73. The first-order chi connectivity index (χ1) is 12.7. The van der Waals surface area contributed by atoms with Gasteiger partial charge in [0, 0.05) is 18.5 Å². The number of unbranched alkanes of at least 4 members (excludes halogenated alkanes) is 2. The molecule has 1 saturated heterocycles. The van der Waals surface area contributed by atoms with Crippen LogP contribution in [0.5, 0.6) is 5.75 Å². The van der Waals surface area contributed by atoms with E-state index in [-0.39, 0.29) is 11.9 Å². The van der Waals surface area contributed by atoms with Crippen molar-refractivity contribution in [1.29, 1.82) is 0 Å². The van der Waals surface area contributed by atoms with Crippen LogP contribution in [-0.2, 0) is 4.79 Å². The molecule has 0 bridgehead atoms. The summed E-state index contributed by atoms with van der Waals surface area (Å²) in [4.78, 5) is 19.1. The number of likely N-dealkylation sites (tertiary alicyclic amines) is 1. The maximum atomic E-state index is 12.6. The van der Waals surface area contributed by atoms with Gasteiger partial charge in [0.05, 0.1) is 7.11 Å². The molecule has 1 atom stereocenters. The van der Waals surface area contributed by atoms with Gasteiger partial charge in [0.2, 0.25) is 17.6 Å². The second-order valence-corrected chi connectivity index (χ2v) is 6.74. The Morgan fingerprint density at radius 2 is 2.08 bits per heavy atom. The van der Waals surface area contributed by atoms with Crippen LogP contribution in [0.1, 0.15) is 63.8 Å². The van der Waals surface area contributed by atoms with Crippen LogP contribution in [0.25, 0.3) is 11.4 Å². The zero-order valence-electron chi connectivity index (χ0n) is 15.6. The highest BCUT2D eigenvalue weighted by molar-refractivity contribution is 5.76. The molecule has 26 heavy (non-hydrogen) atoms. The van der Waals surface area contributed by atoms with Crippen molar-refractivity contribution in [2.45, 2.75) is 57.9 Å². The molecule has 0 spiro atoms. The molecular weight excluding hydrogens is 330 g/mol. The van der Waals surface area contributed by atoms with Gasteiger partial charge in [0.25, 0.3) is 0 Å². The van der Waals surface area contributed by atoms with Crippen LogP contribution in [0, 0.1) is 0 Å². The first-order valence-electron chi connectivity index (χ1n) is 9.50. The number of hydrogen-bond donors (Lipinski definition) is 0. The molecule has 0 radical (unpaired) electrons. The van der Waals surface area contributed by atoms with Gasteiger partial charge in [0.15, 0.2) is 0 Å². The number of ether oxygens (including phenoxy) is 1. The Labute approximate surface area is 154 Å². The van der Waals surface area contributed by atoms with Gasteiger partial charge in [0.1, 0.15) is 11.8 Å². The molecule has 1 aromatic carbocycles. The van der Waals surface area contributed by atoms with Crippen LogP contribution in [-0.4, -0.2) is 34.6 Å².